The van der Waals surface area contributed by atoms with E-state index in [-0.39, 0.29) is 18.6 Å². The van der Waals surface area contributed by atoms with Crippen molar-refractivity contribution in [2.24, 2.45) is 5.92 Å². The smallest absolute Gasteiger partial charge is 0.248 e. The van der Waals surface area contributed by atoms with Gasteiger partial charge in [-0.25, -0.2) is 0 Å². The summed E-state index contributed by atoms with van der Waals surface area (Å²) in [5, 5.41) is 24.0. The van der Waals surface area contributed by atoms with E-state index in [1.54, 1.807) is 4.68 Å². The highest BCUT2D eigenvalue weighted by molar-refractivity contribution is 5.38. The summed E-state index contributed by atoms with van der Waals surface area (Å²) in [4.78, 5) is 0. The standard InChI is InChI=1S/C12H17N5O/c1-9(2)11(8-18)13-12-14-15-16-17(12)10-6-4-3-5-7-10/h3-7,9,11,18H,8H2,1-2H3,(H,13,14,16)/t11-/m1/s1. The molecule has 0 aliphatic rings. The Bertz CT molecular complexity index is 482. The first-order valence-corrected chi connectivity index (χ1v) is 5.93. The fourth-order valence-corrected chi connectivity index (χ4v) is 1.61. The Morgan fingerprint density at radius 3 is 2.61 bits per heavy atom. The predicted molar refractivity (Wildman–Crippen MR) is 68.5 cm³/mol. The van der Waals surface area contributed by atoms with Crippen molar-refractivity contribution in [1.29, 1.82) is 0 Å². The van der Waals surface area contributed by atoms with Gasteiger partial charge in [0, 0.05) is 0 Å². The van der Waals surface area contributed by atoms with Crippen LogP contribution in [0, 0.1) is 5.92 Å². The molecule has 1 heterocycles. The number of nitrogens with zero attached hydrogens (tertiary/aromatic N) is 4. The van der Waals surface area contributed by atoms with Crippen molar-refractivity contribution in [2.45, 2.75) is 19.9 Å². The Morgan fingerprint density at radius 1 is 1.28 bits per heavy atom. The van der Waals surface area contributed by atoms with Crippen LogP contribution in [0.5, 0.6) is 0 Å². The van der Waals surface area contributed by atoms with E-state index in [9.17, 15) is 5.11 Å². The SMILES string of the molecule is CC(C)[C@@H](CO)Nc1nnnn1-c1ccccc1. The maximum Gasteiger partial charge on any atom is 0.248 e. The van der Waals surface area contributed by atoms with Gasteiger partial charge < -0.3 is 10.4 Å². The van der Waals surface area contributed by atoms with Gasteiger partial charge in [-0.1, -0.05) is 37.1 Å². The Kier molecular flexibility index (Phi) is 3.88. The van der Waals surface area contributed by atoms with E-state index in [1.165, 1.54) is 0 Å². The van der Waals surface area contributed by atoms with Crippen LogP contribution in [0.15, 0.2) is 30.3 Å². The molecule has 0 bridgehead atoms. The molecule has 1 atom stereocenters. The molecule has 0 spiro atoms. The van der Waals surface area contributed by atoms with Crippen LogP contribution in [0.3, 0.4) is 0 Å². The minimum Gasteiger partial charge on any atom is -0.394 e. The second kappa shape index (κ2) is 5.59. The number of hydrogen-bond acceptors (Lipinski definition) is 5. The molecule has 0 fully saturated rings. The van der Waals surface area contributed by atoms with E-state index in [2.05, 4.69) is 20.8 Å². The molecule has 6 heteroatoms. The number of aromatic nitrogens is 4. The average Bonchev–Trinajstić information content (AvgIpc) is 2.84. The van der Waals surface area contributed by atoms with Gasteiger partial charge in [0.05, 0.1) is 18.3 Å². The highest BCUT2D eigenvalue weighted by Crippen LogP contribution is 2.13. The van der Waals surface area contributed by atoms with Gasteiger partial charge in [0.1, 0.15) is 0 Å². The first kappa shape index (κ1) is 12.5. The van der Waals surface area contributed by atoms with Crippen LogP contribution < -0.4 is 5.32 Å². The molecule has 0 amide bonds. The highest BCUT2D eigenvalue weighted by atomic mass is 16.3. The van der Waals surface area contributed by atoms with Gasteiger partial charge >= 0.3 is 0 Å². The maximum absolute atomic E-state index is 9.32. The van der Waals surface area contributed by atoms with Crippen molar-refractivity contribution < 1.29 is 5.11 Å². The Balaban J connectivity index is 2.23. The number of aliphatic hydroxyl groups is 1. The van der Waals surface area contributed by atoms with Crippen LogP contribution in [0.2, 0.25) is 0 Å². The minimum absolute atomic E-state index is 0.0410. The number of para-hydroxylation sites is 1. The third-order valence-electron chi connectivity index (χ3n) is 2.79. The molecular weight excluding hydrogens is 230 g/mol. The first-order valence-electron chi connectivity index (χ1n) is 5.93. The molecule has 0 unspecified atom stereocenters. The summed E-state index contributed by atoms with van der Waals surface area (Å²) in [5.74, 6) is 0.824. The molecule has 1 aromatic carbocycles. The summed E-state index contributed by atoms with van der Waals surface area (Å²) < 4.78 is 1.62. The summed E-state index contributed by atoms with van der Waals surface area (Å²) in [5.41, 5.74) is 0.880. The third kappa shape index (κ3) is 2.65. The number of benzene rings is 1. The van der Waals surface area contributed by atoms with Crippen LogP contribution in [-0.4, -0.2) is 38.0 Å². The Hall–Kier alpha value is -1.95. The molecular formula is C12H17N5O. The molecule has 6 nitrogen and oxygen atoms in total. The van der Waals surface area contributed by atoms with E-state index in [0.29, 0.717) is 5.95 Å². The van der Waals surface area contributed by atoms with Crippen LogP contribution in [0.1, 0.15) is 13.8 Å². The van der Waals surface area contributed by atoms with Crippen LogP contribution >= 0.6 is 0 Å². The van der Waals surface area contributed by atoms with Gasteiger partial charge in [0.25, 0.3) is 0 Å². The molecule has 0 saturated carbocycles. The fourth-order valence-electron chi connectivity index (χ4n) is 1.61. The molecule has 0 aliphatic carbocycles. The maximum atomic E-state index is 9.32. The number of tetrazole rings is 1. The van der Waals surface area contributed by atoms with Crippen LogP contribution in [0.4, 0.5) is 5.95 Å². The third-order valence-corrected chi connectivity index (χ3v) is 2.79. The van der Waals surface area contributed by atoms with E-state index in [1.807, 2.05) is 44.2 Å². The van der Waals surface area contributed by atoms with Crippen molar-refractivity contribution in [1.82, 2.24) is 20.2 Å². The zero-order valence-corrected chi connectivity index (χ0v) is 10.5. The predicted octanol–water partition coefficient (Wildman–Crippen LogP) is 1.09. The molecule has 0 aliphatic heterocycles. The second-order valence-electron chi connectivity index (χ2n) is 4.43. The molecule has 18 heavy (non-hydrogen) atoms. The summed E-state index contributed by atoms with van der Waals surface area (Å²) in [6, 6.07) is 9.55. The largest absolute Gasteiger partial charge is 0.394 e. The summed E-state index contributed by atoms with van der Waals surface area (Å²) in [6.45, 7) is 4.11. The number of hydrogen-bond donors (Lipinski definition) is 2. The van der Waals surface area contributed by atoms with E-state index < -0.39 is 0 Å². The average molecular weight is 247 g/mol. The van der Waals surface area contributed by atoms with Gasteiger partial charge in [0.2, 0.25) is 5.95 Å². The van der Waals surface area contributed by atoms with Crippen molar-refractivity contribution in [2.75, 3.05) is 11.9 Å². The van der Waals surface area contributed by atoms with E-state index >= 15 is 0 Å². The molecule has 0 radical (unpaired) electrons. The van der Waals surface area contributed by atoms with Crippen molar-refractivity contribution in [3.8, 4) is 5.69 Å². The molecule has 1 aromatic heterocycles. The van der Waals surface area contributed by atoms with Gasteiger partial charge in [-0.2, -0.15) is 4.68 Å². The van der Waals surface area contributed by atoms with E-state index in [0.717, 1.165) is 5.69 Å². The quantitative estimate of drug-likeness (QED) is 0.827. The Labute approximate surface area is 106 Å². The summed E-state index contributed by atoms with van der Waals surface area (Å²) in [7, 11) is 0. The van der Waals surface area contributed by atoms with Crippen LogP contribution in [-0.2, 0) is 0 Å². The fraction of sp³-hybridized carbons (Fsp3) is 0.417. The lowest BCUT2D eigenvalue weighted by molar-refractivity contribution is 0.248. The van der Waals surface area contributed by atoms with Gasteiger partial charge in [-0.3, -0.25) is 0 Å². The molecule has 96 valence electrons. The van der Waals surface area contributed by atoms with Crippen molar-refractivity contribution in [3.05, 3.63) is 30.3 Å². The second-order valence-corrected chi connectivity index (χ2v) is 4.43. The Morgan fingerprint density at radius 2 is 2.00 bits per heavy atom. The zero-order valence-electron chi connectivity index (χ0n) is 10.5. The van der Waals surface area contributed by atoms with Crippen molar-refractivity contribution >= 4 is 5.95 Å². The lowest BCUT2D eigenvalue weighted by Gasteiger charge is -2.19. The van der Waals surface area contributed by atoms with Gasteiger partial charge in [-0.05, 0) is 28.5 Å². The van der Waals surface area contributed by atoms with Gasteiger partial charge in [-0.15, -0.1) is 0 Å². The summed E-state index contributed by atoms with van der Waals surface area (Å²) >= 11 is 0. The number of rotatable bonds is 5. The van der Waals surface area contributed by atoms with E-state index in [4.69, 9.17) is 0 Å². The monoisotopic (exact) mass is 247 g/mol. The molecule has 2 aromatic rings. The first-order chi connectivity index (χ1) is 8.72. The lowest BCUT2D eigenvalue weighted by Crippen LogP contribution is -2.30. The molecule has 0 saturated heterocycles. The normalized spacial score (nSPS) is 12.7. The number of anilines is 1. The molecule has 2 N–H and O–H groups in total. The van der Waals surface area contributed by atoms with Gasteiger partial charge in [0.15, 0.2) is 0 Å². The zero-order chi connectivity index (χ0) is 13.0. The minimum atomic E-state index is -0.0709. The van der Waals surface area contributed by atoms with Crippen molar-refractivity contribution in [3.63, 3.8) is 0 Å². The highest BCUT2D eigenvalue weighted by Gasteiger charge is 2.16. The van der Waals surface area contributed by atoms with Crippen LogP contribution in [0.25, 0.3) is 5.69 Å². The lowest BCUT2D eigenvalue weighted by atomic mass is 10.1. The topological polar surface area (TPSA) is 75.9 Å². The number of nitrogens with one attached hydrogen (secondary N) is 1. The summed E-state index contributed by atoms with van der Waals surface area (Å²) in [6.07, 6.45) is 0. The molecule has 2 rings (SSSR count). The number of aliphatic hydroxyl groups excluding tert-OH is 1.